The first-order valence-electron chi connectivity index (χ1n) is 4.44. The number of nitrogens with one attached hydrogen (secondary N) is 1. The van der Waals surface area contributed by atoms with E-state index in [0.29, 0.717) is 0 Å². The van der Waals surface area contributed by atoms with Crippen LogP contribution < -0.4 is 5.32 Å². The first-order valence-corrected chi connectivity index (χ1v) is 4.44. The fraction of sp³-hybridized carbons (Fsp3) is 0.667. The summed E-state index contributed by atoms with van der Waals surface area (Å²) in [5.74, 6) is -0.225. The van der Waals surface area contributed by atoms with Crippen LogP contribution in [0, 0.1) is 0 Å². The number of carbonyl (C=O) groups is 1. The van der Waals surface area contributed by atoms with Crippen LogP contribution in [0.2, 0.25) is 0 Å². The van der Waals surface area contributed by atoms with Crippen molar-refractivity contribution in [2.75, 3.05) is 33.3 Å². The smallest absolute Gasteiger partial charge is 0.327 e. The van der Waals surface area contributed by atoms with E-state index in [-0.39, 0.29) is 12.0 Å². The van der Waals surface area contributed by atoms with Gasteiger partial charge in [-0.05, 0) is 0 Å². The highest BCUT2D eigenvalue weighted by Gasteiger charge is 2.24. The third kappa shape index (κ3) is 2.54. The van der Waals surface area contributed by atoms with Crippen LogP contribution in [0.4, 0.5) is 0 Å². The zero-order chi connectivity index (χ0) is 9.68. The van der Waals surface area contributed by atoms with Crippen LogP contribution in [0.3, 0.4) is 0 Å². The van der Waals surface area contributed by atoms with E-state index in [1.807, 2.05) is 0 Å². The molecule has 0 spiro atoms. The van der Waals surface area contributed by atoms with Gasteiger partial charge in [-0.3, -0.25) is 9.69 Å². The molecule has 13 heavy (non-hydrogen) atoms. The molecule has 1 unspecified atom stereocenters. The van der Waals surface area contributed by atoms with Gasteiger partial charge in [0.05, 0.1) is 7.11 Å². The van der Waals surface area contributed by atoms with Gasteiger partial charge in [0.25, 0.3) is 0 Å². The van der Waals surface area contributed by atoms with Crippen molar-refractivity contribution in [3.63, 3.8) is 0 Å². The first kappa shape index (κ1) is 10.2. The predicted octanol–water partition coefficient (Wildman–Crippen LogP) is -0.381. The maximum Gasteiger partial charge on any atom is 0.327 e. The number of carbonyl (C=O) groups excluding carboxylic acids is 1. The van der Waals surface area contributed by atoms with E-state index in [4.69, 9.17) is 0 Å². The summed E-state index contributed by atoms with van der Waals surface area (Å²) in [5.41, 5.74) is 0. The summed E-state index contributed by atoms with van der Waals surface area (Å²) in [7, 11) is 1.40. The fourth-order valence-electron chi connectivity index (χ4n) is 1.48. The summed E-state index contributed by atoms with van der Waals surface area (Å²) in [5, 5.41) is 3.22. The van der Waals surface area contributed by atoms with Crippen molar-refractivity contribution < 1.29 is 9.53 Å². The van der Waals surface area contributed by atoms with Crippen LogP contribution in [0.5, 0.6) is 0 Å². The number of nitrogens with zero attached hydrogens (tertiary/aromatic N) is 1. The second-order valence-electron chi connectivity index (χ2n) is 2.99. The van der Waals surface area contributed by atoms with Gasteiger partial charge >= 0.3 is 5.97 Å². The Morgan fingerprint density at radius 1 is 1.62 bits per heavy atom. The number of piperazine rings is 1. The van der Waals surface area contributed by atoms with E-state index in [1.165, 1.54) is 7.11 Å². The summed E-state index contributed by atoms with van der Waals surface area (Å²) in [4.78, 5) is 13.4. The van der Waals surface area contributed by atoms with Crippen molar-refractivity contribution in [2.45, 2.75) is 6.04 Å². The molecule has 0 saturated carbocycles. The van der Waals surface area contributed by atoms with Crippen LogP contribution in [0.15, 0.2) is 12.7 Å². The lowest BCUT2D eigenvalue weighted by atomic mass is 10.2. The van der Waals surface area contributed by atoms with Crippen molar-refractivity contribution in [1.82, 2.24) is 10.2 Å². The van der Waals surface area contributed by atoms with E-state index in [9.17, 15) is 4.79 Å². The van der Waals surface area contributed by atoms with E-state index < -0.39 is 0 Å². The van der Waals surface area contributed by atoms with Gasteiger partial charge in [-0.2, -0.15) is 0 Å². The summed E-state index contributed by atoms with van der Waals surface area (Å²) >= 11 is 0. The minimum atomic E-state index is -0.285. The molecule has 0 aliphatic carbocycles. The second-order valence-corrected chi connectivity index (χ2v) is 2.99. The molecule has 1 saturated heterocycles. The van der Waals surface area contributed by atoms with Gasteiger partial charge in [0.15, 0.2) is 0 Å². The number of ether oxygens (including phenoxy) is 1. The van der Waals surface area contributed by atoms with Gasteiger partial charge in [-0.25, -0.2) is 0 Å². The molecule has 74 valence electrons. The molecular formula is C9H16N2O2. The van der Waals surface area contributed by atoms with Gasteiger partial charge in [0.2, 0.25) is 0 Å². The molecule has 1 rings (SSSR count). The summed E-state index contributed by atoms with van der Waals surface area (Å²) < 4.78 is 4.68. The quantitative estimate of drug-likeness (QED) is 0.479. The Morgan fingerprint density at radius 3 is 2.69 bits per heavy atom. The van der Waals surface area contributed by atoms with Gasteiger partial charge < -0.3 is 10.1 Å². The van der Waals surface area contributed by atoms with Crippen molar-refractivity contribution in [2.24, 2.45) is 0 Å². The Morgan fingerprint density at radius 2 is 2.23 bits per heavy atom. The lowest BCUT2D eigenvalue weighted by Gasteiger charge is -2.31. The van der Waals surface area contributed by atoms with Gasteiger partial charge in [-0.1, -0.05) is 6.08 Å². The Hall–Kier alpha value is -0.870. The fourth-order valence-corrected chi connectivity index (χ4v) is 1.48. The van der Waals surface area contributed by atoms with Crippen molar-refractivity contribution in [3.05, 3.63) is 12.7 Å². The molecule has 0 radical (unpaired) electrons. The second kappa shape index (κ2) is 4.99. The number of rotatable bonds is 3. The molecule has 0 bridgehead atoms. The molecule has 0 aromatic heterocycles. The zero-order valence-electron chi connectivity index (χ0n) is 7.95. The minimum Gasteiger partial charge on any atom is -0.468 e. The highest BCUT2D eigenvalue weighted by Crippen LogP contribution is 2.04. The molecule has 1 atom stereocenters. The molecule has 1 heterocycles. The molecule has 1 N–H and O–H groups in total. The summed E-state index contributed by atoms with van der Waals surface area (Å²) in [6, 6.07) is -0.285. The Balaban J connectivity index is 2.53. The largest absolute Gasteiger partial charge is 0.468 e. The minimum absolute atomic E-state index is 0.225. The topological polar surface area (TPSA) is 41.6 Å². The van der Waals surface area contributed by atoms with Crippen LogP contribution in [-0.4, -0.2) is 50.2 Å². The van der Waals surface area contributed by atoms with Gasteiger partial charge in [-0.15, -0.1) is 6.58 Å². The molecule has 1 aliphatic heterocycles. The zero-order valence-corrected chi connectivity index (χ0v) is 7.95. The average molecular weight is 184 g/mol. The third-order valence-corrected chi connectivity index (χ3v) is 2.21. The highest BCUT2D eigenvalue weighted by molar-refractivity contribution is 5.77. The maximum atomic E-state index is 11.3. The molecule has 4 heteroatoms. The SMILES string of the molecule is C=CC(C(=O)OC)N1CCNCC1. The van der Waals surface area contributed by atoms with Crippen LogP contribution >= 0.6 is 0 Å². The normalized spacial score (nSPS) is 20.7. The van der Waals surface area contributed by atoms with Crippen LogP contribution in [-0.2, 0) is 9.53 Å². The van der Waals surface area contributed by atoms with Crippen LogP contribution in [0.25, 0.3) is 0 Å². The van der Waals surface area contributed by atoms with Crippen LogP contribution in [0.1, 0.15) is 0 Å². The molecule has 0 aromatic carbocycles. The van der Waals surface area contributed by atoms with Crippen molar-refractivity contribution in [1.29, 1.82) is 0 Å². The molecule has 1 aliphatic rings. The Bertz CT molecular complexity index is 188. The number of methoxy groups -OCH3 is 1. The van der Waals surface area contributed by atoms with E-state index >= 15 is 0 Å². The lowest BCUT2D eigenvalue weighted by Crippen LogP contribution is -2.50. The van der Waals surface area contributed by atoms with E-state index in [0.717, 1.165) is 26.2 Å². The summed E-state index contributed by atoms with van der Waals surface area (Å²) in [6.45, 7) is 7.21. The Labute approximate surface area is 78.5 Å². The molecule has 0 amide bonds. The molecule has 0 aromatic rings. The first-order chi connectivity index (χ1) is 6.29. The Kier molecular flexibility index (Phi) is 3.92. The average Bonchev–Trinajstić information content (AvgIpc) is 2.20. The monoisotopic (exact) mass is 184 g/mol. The molecule has 1 fully saturated rings. The van der Waals surface area contributed by atoms with E-state index in [1.54, 1.807) is 6.08 Å². The van der Waals surface area contributed by atoms with E-state index in [2.05, 4.69) is 21.5 Å². The third-order valence-electron chi connectivity index (χ3n) is 2.21. The maximum absolute atomic E-state index is 11.3. The number of esters is 1. The number of hydrogen-bond acceptors (Lipinski definition) is 4. The highest BCUT2D eigenvalue weighted by atomic mass is 16.5. The van der Waals surface area contributed by atoms with Gasteiger partial charge in [0, 0.05) is 26.2 Å². The van der Waals surface area contributed by atoms with Crippen molar-refractivity contribution in [3.8, 4) is 0 Å². The molecular weight excluding hydrogens is 168 g/mol. The lowest BCUT2D eigenvalue weighted by molar-refractivity contribution is -0.145. The van der Waals surface area contributed by atoms with Gasteiger partial charge in [0.1, 0.15) is 6.04 Å². The summed E-state index contributed by atoms with van der Waals surface area (Å²) in [6.07, 6.45) is 1.64. The standard InChI is InChI=1S/C9H16N2O2/c1-3-8(9(12)13-2)11-6-4-10-5-7-11/h3,8,10H,1,4-7H2,2H3. The predicted molar refractivity (Wildman–Crippen MR) is 50.4 cm³/mol. The molecule has 4 nitrogen and oxygen atoms in total. The number of hydrogen-bond donors (Lipinski definition) is 1. The van der Waals surface area contributed by atoms with Crippen molar-refractivity contribution >= 4 is 5.97 Å².